The predicted octanol–water partition coefficient (Wildman–Crippen LogP) is 3.67. The van der Waals surface area contributed by atoms with Gasteiger partial charge in [0.05, 0.1) is 11.6 Å². The zero-order valence-electron chi connectivity index (χ0n) is 15.4. The van der Waals surface area contributed by atoms with Crippen LogP contribution in [0.25, 0.3) is 0 Å². The molecule has 25 heavy (non-hydrogen) atoms. The molecule has 0 aliphatic carbocycles. The Morgan fingerprint density at radius 3 is 2.56 bits per heavy atom. The van der Waals surface area contributed by atoms with Gasteiger partial charge in [-0.15, -0.1) is 11.3 Å². The minimum Gasteiger partial charge on any atom is -0.357 e. The van der Waals surface area contributed by atoms with Crippen molar-refractivity contribution in [1.82, 2.24) is 15.6 Å². The van der Waals surface area contributed by atoms with Gasteiger partial charge >= 0.3 is 0 Å². The van der Waals surface area contributed by atoms with Crippen molar-refractivity contribution in [2.75, 3.05) is 19.6 Å². The number of aliphatic imine (C=N–C) groups is 1. The molecule has 0 spiro atoms. The molecule has 1 aromatic heterocycles. The fourth-order valence-electron chi connectivity index (χ4n) is 2.42. The van der Waals surface area contributed by atoms with E-state index in [1.807, 2.05) is 25.3 Å². The van der Waals surface area contributed by atoms with Crippen molar-refractivity contribution < 1.29 is 4.39 Å². The van der Waals surface area contributed by atoms with Crippen LogP contribution in [0.5, 0.6) is 0 Å². The van der Waals surface area contributed by atoms with E-state index in [0.717, 1.165) is 36.0 Å². The summed E-state index contributed by atoms with van der Waals surface area (Å²) in [6.45, 7) is 10.6. The first-order valence-corrected chi connectivity index (χ1v) is 9.42. The number of rotatable bonds is 7. The van der Waals surface area contributed by atoms with Gasteiger partial charge < -0.3 is 10.6 Å². The molecule has 136 valence electrons. The van der Waals surface area contributed by atoms with E-state index in [1.54, 1.807) is 11.3 Å². The SMILES string of the molecule is CCNC(=NCC(C)(C)c1ccc(F)cc1)NCCc1ncc(C)s1. The number of nitrogens with one attached hydrogen (secondary N) is 2. The lowest BCUT2D eigenvalue weighted by molar-refractivity contribution is 0.534. The Kier molecular flexibility index (Phi) is 6.93. The Morgan fingerprint density at radius 1 is 1.24 bits per heavy atom. The van der Waals surface area contributed by atoms with Crippen LogP contribution in [-0.4, -0.2) is 30.6 Å². The van der Waals surface area contributed by atoms with E-state index in [0.29, 0.717) is 6.54 Å². The average Bonchev–Trinajstić information content (AvgIpc) is 2.98. The molecule has 0 saturated heterocycles. The summed E-state index contributed by atoms with van der Waals surface area (Å²) in [5.41, 5.74) is 0.911. The van der Waals surface area contributed by atoms with Gasteiger partial charge in [-0.1, -0.05) is 26.0 Å². The van der Waals surface area contributed by atoms with E-state index in [9.17, 15) is 4.39 Å². The highest BCUT2D eigenvalue weighted by atomic mass is 32.1. The number of hydrogen-bond acceptors (Lipinski definition) is 3. The van der Waals surface area contributed by atoms with E-state index < -0.39 is 0 Å². The van der Waals surface area contributed by atoms with Crippen LogP contribution in [0, 0.1) is 12.7 Å². The quantitative estimate of drug-likeness (QED) is 0.584. The summed E-state index contributed by atoms with van der Waals surface area (Å²) >= 11 is 1.73. The molecular formula is C19H27FN4S. The number of benzene rings is 1. The van der Waals surface area contributed by atoms with E-state index in [4.69, 9.17) is 4.99 Å². The molecule has 0 amide bonds. The van der Waals surface area contributed by atoms with Gasteiger partial charge in [-0.05, 0) is 31.5 Å². The van der Waals surface area contributed by atoms with Crippen molar-refractivity contribution in [3.8, 4) is 0 Å². The summed E-state index contributed by atoms with van der Waals surface area (Å²) in [6, 6.07) is 6.66. The maximum Gasteiger partial charge on any atom is 0.191 e. The van der Waals surface area contributed by atoms with Crippen molar-refractivity contribution in [1.29, 1.82) is 0 Å². The highest BCUT2D eigenvalue weighted by Crippen LogP contribution is 2.23. The molecule has 0 aliphatic heterocycles. The maximum absolute atomic E-state index is 13.1. The molecule has 1 aromatic carbocycles. The maximum atomic E-state index is 13.1. The first-order valence-electron chi connectivity index (χ1n) is 8.60. The molecule has 0 aliphatic rings. The Morgan fingerprint density at radius 2 is 1.96 bits per heavy atom. The monoisotopic (exact) mass is 362 g/mol. The summed E-state index contributed by atoms with van der Waals surface area (Å²) in [5, 5.41) is 7.76. The topological polar surface area (TPSA) is 49.3 Å². The van der Waals surface area contributed by atoms with Crippen LogP contribution in [-0.2, 0) is 11.8 Å². The van der Waals surface area contributed by atoms with Crippen LogP contribution in [0.3, 0.4) is 0 Å². The van der Waals surface area contributed by atoms with Crippen molar-refractivity contribution in [2.45, 2.75) is 39.5 Å². The second-order valence-electron chi connectivity index (χ2n) is 6.63. The number of halogens is 1. The molecule has 0 bridgehead atoms. The average molecular weight is 363 g/mol. The zero-order chi connectivity index (χ0) is 18.3. The normalized spacial score (nSPS) is 12.3. The van der Waals surface area contributed by atoms with Crippen molar-refractivity contribution >= 4 is 17.3 Å². The summed E-state index contributed by atoms with van der Waals surface area (Å²) in [6.07, 6.45) is 2.79. The lowest BCUT2D eigenvalue weighted by Gasteiger charge is -2.24. The second-order valence-corrected chi connectivity index (χ2v) is 7.95. The number of thiazole rings is 1. The molecule has 0 radical (unpaired) electrons. The van der Waals surface area contributed by atoms with Gasteiger partial charge in [-0.25, -0.2) is 9.37 Å². The van der Waals surface area contributed by atoms with E-state index in [2.05, 4.69) is 36.4 Å². The largest absolute Gasteiger partial charge is 0.357 e. The van der Waals surface area contributed by atoms with Crippen molar-refractivity contribution in [3.63, 3.8) is 0 Å². The third-order valence-electron chi connectivity index (χ3n) is 3.90. The van der Waals surface area contributed by atoms with Crippen LogP contribution >= 0.6 is 11.3 Å². The van der Waals surface area contributed by atoms with Gasteiger partial charge in [0.25, 0.3) is 0 Å². The lowest BCUT2D eigenvalue weighted by atomic mass is 9.85. The summed E-state index contributed by atoms with van der Waals surface area (Å²) in [5.74, 6) is 0.585. The number of hydrogen-bond donors (Lipinski definition) is 2. The first-order chi connectivity index (χ1) is 11.9. The smallest absolute Gasteiger partial charge is 0.191 e. The van der Waals surface area contributed by atoms with Gasteiger partial charge in [0, 0.05) is 36.0 Å². The third kappa shape index (κ3) is 6.12. The molecule has 2 rings (SSSR count). The highest BCUT2D eigenvalue weighted by Gasteiger charge is 2.20. The Hall–Kier alpha value is -1.95. The number of guanidine groups is 1. The molecule has 0 unspecified atom stereocenters. The van der Waals surface area contributed by atoms with Gasteiger partial charge in [0.2, 0.25) is 0 Å². The zero-order valence-corrected chi connectivity index (χ0v) is 16.2. The van der Waals surface area contributed by atoms with Crippen LogP contribution in [0.4, 0.5) is 4.39 Å². The van der Waals surface area contributed by atoms with Crippen LogP contribution < -0.4 is 10.6 Å². The minimum atomic E-state index is -0.213. The molecule has 4 nitrogen and oxygen atoms in total. The Labute approximate surface area is 153 Å². The molecule has 0 fully saturated rings. The van der Waals surface area contributed by atoms with Gasteiger partial charge in [0.15, 0.2) is 5.96 Å². The van der Waals surface area contributed by atoms with Crippen molar-refractivity contribution in [2.24, 2.45) is 4.99 Å². The Bertz CT molecular complexity index is 692. The standard InChI is InChI=1S/C19H27FN4S/c1-5-21-18(22-11-10-17-23-12-14(2)25-17)24-13-19(3,4)15-6-8-16(20)9-7-15/h6-9,12H,5,10-11,13H2,1-4H3,(H2,21,22,24). The minimum absolute atomic E-state index is 0.164. The number of nitrogens with zero attached hydrogens (tertiary/aromatic N) is 2. The van der Waals surface area contributed by atoms with Crippen LogP contribution in [0.1, 0.15) is 36.2 Å². The second kappa shape index (κ2) is 8.94. The van der Waals surface area contributed by atoms with Gasteiger partial charge in [0.1, 0.15) is 5.82 Å². The van der Waals surface area contributed by atoms with E-state index in [-0.39, 0.29) is 11.2 Å². The summed E-state index contributed by atoms with van der Waals surface area (Å²) in [7, 11) is 0. The lowest BCUT2D eigenvalue weighted by Crippen LogP contribution is -2.39. The first kappa shape index (κ1) is 19.4. The molecule has 2 aromatic rings. The molecule has 0 atom stereocenters. The number of aromatic nitrogens is 1. The summed E-state index contributed by atoms with van der Waals surface area (Å²) in [4.78, 5) is 10.3. The van der Waals surface area contributed by atoms with Gasteiger partial charge in [-0.2, -0.15) is 0 Å². The fraction of sp³-hybridized carbons (Fsp3) is 0.474. The fourth-order valence-corrected chi connectivity index (χ4v) is 3.20. The Balaban J connectivity index is 1.94. The molecule has 1 heterocycles. The van der Waals surface area contributed by atoms with E-state index in [1.165, 1.54) is 17.0 Å². The third-order valence-corrected chi connectivity index (χ3v) is 4.88. The molecular weight excluding hydrogens is 335 g/mol. The van der Waals surface area contributed by atoms with E-state index >= 15 is 0 Å². The highest BCUT2D eigenvalue weighted by molar-refractivity contribution is 7.11. The molecule has 0 saturated carbocycles. The predicted molar refractivity (Wildman–Crippen MR) is 104 cm³/mol. The summed E-state index contributed by atoms with van der Waals surface area (Å²) < 4.78 is 13.1. The van der Waals surface area contributed by atoms with Crippen molar-refractivity contribution in [3.05, 3.63) is 51.7 Å². The van der Waals surface area contributed by atoms with Crippen LogP contribution in [0.2, 0.25) is 0 Å². The van der Waals surface area contributed by atoms with Crippen LogP contribution in [0.15, 0.2) is 35.5 Å². The molecule has 2 N–H and O–H groups in total. The molecule has 6 heteroatoms. The number of aryl methyl sites for hydroxylation is 1. The van der Waals surface area contributed by atoms with Gasteiger partial charge in [-0.3, -0.25) is 4.99 Å².